The molecule has 0 fully saturated rings. The van der Waals surface area contributed by atoms with Crippen LogP contribution in [-0.4, -0.2) is 43.9 Å². The predicted molar refractivity (Wildman–Crippen MR) is 76.1 cm³/mol. The van der Waals surface area contributed by atoms with Gasteiger partial charge in [-0.15, -0.1) is 11.3 Å². The second-order valence-electron chi connectivity index (χ2n) is 4.73. The Balaban J connectivity index is 2.00. The van der Waals surface area contributed by atoms with Gasteiger partial charge in [0.25, 0.3) is 0 Å². The van der Waals surface area contributed by atoms with Crippen molar-refractivity contribution < 1.29 is 14.2 Å². The summed E-state index contributed by atoms with van der Waals surface area (Å²) < 4.78 is 20.1. The van der Waals surface area contributed by atoms with Gasteiger partial charge in [-0.1, -0.05) is 0 Å². The zero-order chi connectivity index (χ0) is 13.8. The van der Waals surface area contributed by atoms with E-state index in [4.69, 9.17) is 4.74 Å². The van der Waals surface area contributed by atoms with E-state index in [0.29, 0.717) is 12.2 Å². The molecule has 0 bridgehead atoms. The Labute approximate surface area is 116 Å². The highest BCUT2D eigenvalue weighted by atomic mass is 32.1. The molecule has 5 heteroatoms. The summed E-state index contributed by atoms with van der Waals surface area (Å²) in [6.07, 6.45) is -0.925. The summed E-state index contributed by atoms with van der Waals surface area (Å²) >= 11 is 1.49. The highest BCUT2D eigenvalue weighted by Gasteiger charge is 2.14. The largest absolute Gasteiger partial charge is 0.386 e. The summed E-state index contributed by atoms with van der Waals surface area (Å²) in [7, 11) is 3.90. The molecule has 0 saturated heterocycles. The van der Waals surface area contributed by atoms with E-state index in [0.717, 1.165) is 16.6 Å². The molecule has 104 valence electrons. The standard InChI is InChI=1S/C14H18FNO2S/c1-16(2)4-5-18-9-13(17)11-7-10-3-6-19-14(10)8-12(11)15/h3,6-8,13,17H,4-5,9H2,1-2H3/t13-/m0/s1. The van der Waals surface area contributed by atoms with Crippen LogP contribution in [-0.2, 0) is 4.74 Å². The third-order valence-corrected chi connectivity index (χ3v) is 3.77. The Hall–Kier alpha value is -1.01. The molecule has 3 nitrogen and oxygen atoms in total. The van der Waals surface area contributed by atoms with Crippen LogP contribution in [0, 0.1) is 5.82 Å². The van der Waals surface area contributed by atoms with E-state index >= 15 is 0 Å². The molecule has 1 N–H and O–H groups in total. The monoisotopic (exact) mass is 283 g/mol. The van der Waals surface area contributed by atoms with Crippen molar-refractivity contribution in [2.45, 2.75) is 6.10 Å². The smallest absolute Gasteiger partial charge is 0.130 e. The van der Waals surface area contributed by atoms with E-state index in [1.165, 1.54) is 17.4 Å². The molecule has 0 unspecified atom stereocenters. The minimum Gasteiger partial charge on any atom is -0.386 e. The average Bonchev–Trinajstić information content (AvgIpc) is 2.80. The van der Waals surface area contributed by atoms with Crippen LogP contribution in [0.2, 0.25) is 0 Å². The molecule has 19 heavy (non-hydrogen) atoms. The normalized spacial score (nSPS) is 13.3. The minimum absolute atomic E-state index is 0.112. The molecule has 0 aliphatic rings. The summed E-state index contributed by atoms with van der Waals surface area (Å²) in [6.45, 7) is 1.41. The van der Waals surface area contributed by atoms with Crippen molar-refractivity contribution in [1.82, 2.24) is 4.90 Å². The summed E-state index contributed by atoms with van der Waals surface area (Å²) in [6, 6.07) is 5.09. The van der Waals surface area contributed by atoms with Crippen molar-refractivity contribution in [3.05, 3.63) is 35.0 Å². The van der Waals surface area contributed by atoms with Crippen LogP contribution in [0.15, 0.2) is 23.6 Å². The maximum atomic E-state index is 13.9. The highest BCUT2D eigenvalue weighted by Crippen LogP contribution is 2.27. The number of nitrogens with zero attached hydrogens (tertiary/aromatic N) is 1. The number of halogens is 1. The van der Waals surface area contributed by atoms with Gasteiger partial charge < -0.3 is 14.7 Å². The lowest BCUT2D eigenvalue weighted by molar-refractivity contribution is 0.0291. The van der Waals surface area contributed by atoms with E-state index in [1.54, 1.807) is 6.07 Å². The zero-order valence-electron chi connectivity index (χ0n) is 11.1. The van der Waals surface area contributed by atoms with E-state index in [2.05, 4.69) is 0 Å². The molecule has 0 radical (unpaired) electrons. The van der Waals surface area contributed by atoms with Crippen molar-refractivity contribution in [3.63, 3.8) is 0 Å². The zero-order valence-corrected chi connectivity index (χ0v) is 11.9. The molecule has 0 aliphatic carbocycles. The van der Waals surface area contributed by atoms with Crippen molar-refractivity contribution in [2.75, 3.05) is 33.9 Å². The fraction of sp³-hybridized carbons (Fsp3) is 0.429. The summed E-state index contributed by atoms with van der Waals surface area (Å²) in [4.78, 5) is 1.99. The first-order valence-corrected chi connectivity index (χ1v) is 7.03. The van der Waals surface area contributed by atoms with Crippen LogP contribution >= 0.6 is 11.3 Å². The van der Waals surface area contributed by atoms with Crippen LogP contribution in [0.4, 0.5) is 4.39 Å². The van der Waals surface area contributed by atoms with Crippen LogP contribution in [0.25, 0.3) is 10.1 Å². The summed E-state index contributed by atoms with van der Waals surface area (Å²) in [5.41, 5.74) is 0.302. The molecule has 2 aromatic rings. The Kier molecular flexibility index (Phi) is 4.87. The molecular weight excluding hydrogens is 265 g/mol. The SMILES string of the molecule is CN(C)CCOC[C@H](O)c1cc2ccsc2cc1F. The Morgan fingerprint density at radius 2 is 2.21 bits per heavy atom. The number of hydrogen-bond acceptors (Lipinski definition) is 4. The van der Waals surface area contributed by atoms with Gasteiger partial charge in [-0.2, -0.15) is 0 Å². The molecule has 1 aromatic carbocycles. The van der Waals surface area contributed by atoms with Gasteiger partial charge >= 0.3 is 0 Å². The van der Waals surface area contributed by atoms with Crippen molar-refractivity contribution >= 4 is 21.4 Å². The Morgan fingerprint density at radius 3 is 2.95 bits per heavy atom. The first-order chi connectivity index (χ1) is 9.08. The van der Waals surface area contributed by atoms with Crippen LogP contribution in [0.5, 0.6) is 0 Å². The number of aliphatic hydroxyl groups is 1. The van der Waals surface area contributed by atoms with Crippen LogP contribution < -0.4 is 0 Å². The lowest BCUT2D eigenvalue weighted by Crippen LogP contribution is -2.20. The molecule has 2 rings (SSSR count). The molecule has 0 aliphatic heterocycles. The number of ether oxygens (including phenoxy) is 1. The number of rotatable bonds is 6. The molecule has 1 aromatic heterocycles. The van der Waals surface area contributed by atoms with Crippen molar-refractivity contribution in [1.29, 1.82) is 0 Å². The average molecular weight is 283 g/mol. The fourth-order valence-corrected chi connectivity index (χ4v) is 2.59. The van der Waals surface area contributed by atoms with E-state index in [-0.39, 0.29) is 12.4 Å². The maximum absolute atomic E-state index is 13.9. The van der Waals surface area contributed by atoms with Gasteiger partial charge in [0.05, 0.1) is 13.2 Å². The van der Waals surface area contributed by atoms with Gasteiger partial charge in [0, 0.05) is 16.8 Å². The van der Waals surface area contributed by atoms with Crippen LogP contribution in [0.3, 0.4) is 0 Å². The first-order valence-electron chi connectivity index (χ1n) is 6.15. The predicted octanol–water partition coefficient (Wildman–Crippen LogP) is 2.65. The first kappa shape index (κ1) is 14.4. The molecule has 0 spiro atoms. The second-order valence-corrected chi connectivity index (χ2v) is 5.67. The van der Waals surface area contributed by atoms with E-state index < -0.39 is 6.10 Å². The van der Waals surface area contributed by atoms with Crippen molar-refractivity contribution in [2.24, 2.45) is 0 Å². The quantitative estimate of drug-likeness (QED) is 0.827. The topological polar surface area (TPSA) is 32.7 Å². The van der Waals surface area contributed by atoms with Crippen molar-refractivity contribution in [3.8, 4) is 0 Å². The Bertz CT molecular complexity index is 541. The molecule has 1 heterocycles. The third-order valence-electron chi connectivity index (χ3n) is 2.89. The second kappa shape index (κ2) is 6.43. The number of aliphatic hydroxyl groups excluding tert-OH is 1. The van der Waals surface area contributed by atoms with Crippen LogP contribution in [0.1, 0.15) is 11.7 Å². The Morgan fingerprint density at radius 1 is 1.42 bits per heavy atom. The van der Waals surface area contributed by atoms with E-state index in [9.17, 15) is 9.50 Å². The summed E-state index contributed by atoms with van der Waals surface area (Å²) in [5, 5.41) is 12.9. The number of fused-ring (bicyclic) bond motifs is 1. The molecule has 1 atom stereocenters. The number of likely N-dealkylation sites (N-methyl/N-ethyl adjacent to an activating group) is 1. The number of hydrogen-bond donors (Lipinski definition) is 1. The summed E-state index contributed by atoms with van der Waals surface area (Å²) in [5.74, 6) is -0.376. The van der Waals surface area contributed by atoms with Gasteiger partial charge in [0.2, 0.25) is 0 Å². The van der Waals surface area contributed by atoms with Gasteiger partial charge in [-0.3, -0.25) is 0 Å². The lowest BCUT2D eigenvalue weighted by atomic mass is 10.1. The van der Waals surface area contributed by atoms with Gasteiger partial charge in [0.1, 0.15) is 11.9 Å². The fourth-order valence-electron chi connectivity index (χ4n) is 1.79. The number of benzene rings is 1. The highest BCUT2D eigenvalue weighted by molar-refractivity contribution is 7.17. The lowest BCUT2D eigenvalue weighted by Gasteiger charge is -2.14. The maximum Gasteiger partial charge on any atom is 0.130 e. The third kappa shape index (κ3) is 3.73. The minimum atomic E-state index is -0.925. The molecule has 0 saturated carbocycles. The van der Waals surface area contributed by atoms with E-state index in [1.807, 2.05) is 30.4 Å². The van der Waals surface area contributed by atoms with Gasteiger partial charge in [0.15, 0.2) is 0 Å². The van der Waals surface area contributed by atoms with Gasteiger partial charge in [-0.05, 0) is 43.1 Å². The number of thiophene rings is 1. The molecular formula is C14H18FNO2S. The van der Waals surface area contributed by atoms with Gasteiger partial charge in [-0.25, -0.2) is 4.39 Å². The molecule has 0 amide bonds.